The van der Waals surface area contributed by atoms with Gasteiger partial charge in [-0.3, -0.25) is 0 Å². The van der Waals surface area contributed by atoms with Crippen molar-refractivity contribution >= 4 is 11.9 Å². The average Bonchev–Trinajstić information content (AvgIpc) is 2.27. The lowest BCUT2D eigenvalue weighted by molar-refractivity contribution is 0.0690. The molecule has 1 aliphatic carbocycles. The third-order valence-electron chi connectivity index (χ3n) is 3.39. The van der Waals surface area contributed by atoms with Gasteiger partial charge in [0.15, 0.2) is 5.69 Å². The summed E-state index contributed by atoms with van der Waals surface area (Å²) in [7, 11) is 0. The molecule has 5 heteroatoms. The molecule has 0 saturated heterocycles. The fourth-order valence-electron chi connectivity index (χ4n) is 2.79. The number of hydrogen-bond acceptors (Lipinski definition) is 4. The van der Waals surface area contributed by atoms with E-state index in [1.54, 1.807) is 0 Å². The van der Waals surface area contributed by atoms with Crippen LogP contribution in [0.25, 0.3) is 0 Å². The van der Waals surface area contributed by atoms with Crippen LogP contribution in [-0.4, -0.2) is 27.1 Å². The third kappa shape index (κ3) is 3.18. The standard InChI is InChI=1S/C13H19N3O2/c1-8-5-9(2)7-10(6-8)15-13-14-4-3-11(16-13)12(17)18/h3-4,8-10H,5-7H2,1-2H3,(H,17,18)(H,14,15,16). The molecule has 0 aromatic carbocycles. The van der Waals surface area contributed by atoms with Crippen LogP contribution in [0.1, 0.15) is 43.6 Å². The first kappa shape index (κ1) is 12.8. The number of aromatic carboxylic acids is 1. The summed E-state index contributed by atoms with van der Waals surface area (Å²) in [6.07, 6.45) is 4.92. The zero-order chi connectivity index (χ0) is 13.1. The Morgan fingerprint density at radius 1 is 1.33 bits per heavy atom. The molecule has 18 heavy (non-hydrogen) atoms. The van der Waals surface area contributed by atoms with Crippen LogP contribution in [0.3, 0.4) is 0 Å². The predicted molar refractivity (Wildman–Crippen MR) is 68.6 cm³/mol. The molecule has 2 rings (SSSR count). The number of nitrogens with one attached hydrogen (secondary N) is 1. The van der Waals surface area contributed by atoms with E-state index in [1.807, 2.05) is 0 Å². The maximum Gasteiger partial charge on any atom is 0.354 e. The summed E-state index contributed by atoms with van der Waals surface area (Å²) in [4.78, 5) is 18.9. The zero-order valence-corrected chi connectivity index (χ0v) is 10.8. The highest BCUT2D eigenvalue weighted by molar-refractivity contribution is 5.85. The number of anilines is 1. The fraction of sp³-hybridized carbons (Fsp3) is 0.615. The first-order chi connectivity index (χ1) is 8.54. The van der Waals surface area contributed by atoms with Gasteiger partial charge in [-0.25, -0.2) is 14.8 Å². The lowest BCUT2D eigenvalue weighted by atomic mass is 9.80. The van der Waals surface area contributed by atoms with Gasteiger partial charge in [0.25, 0.3) is 0 Å². The molecule has 1 saturated carbocycles. The van der Waals surface area contributed by atoms with E-state index in [0.29, 0.717) is 23.8 Å². The van der Waals surface area contributed by atoms with Crippen molar-refractivity contribution in [3.05, 3.63) is 18.0 Å². The zero-order valence-electron chi connectivity index (χ0n) is 10.8. The van der Waals surface area contributed by atoms with Crippen LogP contribution in [0, 0.1) is 11.8 Å². The molecular weight excluding hydrogens is 230 g/mol. The van der Waals surface area contributed by atoms with E-state index in [1.165, 1.54) is 18.7 Å². The van der Waals surface area contributed by atoms with Gasteiger partial charge < -0.3 is 10.4 Å². The first-order valence-corrected chi connectivity index (χ1v) is 6.37. The lowest BCUT2D eigenvalue weighted by Crippen LogP contribution is -2.31. The van der Waals surface area contributed by atoms with Crippen LogP contribution < -0.4 is 5.32 Å². The average molecular weight is 249 g/mol. The summed E-state index contributed by atoms with van der Waals surface area (Å²) in [6, 6.07) is 1.74. The minimum absolute atomic E-state index is 0.0319. The maximum absolute atomic E-state index is 10.8. The van der Waals surface area contributed by atoms with E-state index in [0.717, 1.165) is 12.8 Å². The van der Waals surface area contributed by atoms with Crippen LogP contribution >= 0.6 is 0 Å². The van der Waals surface area contributed by atoms with Gasteiger partial charge in [0.05, 0.1) is 0 Å². The topological polar surface area (TPSA) is 75.1 Å². The summed E-state index contributed by atoms with van der Waals surface area (Å²) in [5.74, 6) is 0.773. The summed E-state index contributed by atoms with van der Waals surface area (Å²) in [5, 5.41) is 12.1. The molecule has 5 nitrogen and oxygen atoms in total. The van der Waals surface area contributed by atoms with E-state index >= 15 is 0 Å². The molecule has 0 spiro atoms. The van der Waals surface area contributed by atoms with E-state index in [4.69, 9.17) is 5.11 Å². The predicted octanol–water partition coefficient (Wildman–Crippen LogP) is 2.41. The molecule has 2 N–H and O–H groups in total. The number of carbonyl (C=O) groups is 1. The van der Waals surface area contributed by atoms with E-state index in [9.17, 15) is 4.79 Å². The van der Waals surface area contributed by atoms with E-state index < -0.39 is 5.97 Å². The fourth-order valence-corrected chi connectivity index (χ4v) is 2.79. The molecule has 2 atom stereocenters. The molecule has 1 aromatic rings. The Labute approximate surface area is 107 Å². The molecule has 98 valence electrons. The van der Waals surface area contributed by atoms with Crippen LogP contribution in [0.4, 0.5) is 5.95 Å². The smallest absolute Gasteiger partial charge is 0.354 e. The Morgan fingerprint density at radius 2 is 2.00 bits per heavy atom. The number of rotatable bonds is 3. The van der Waals surface area contributed by atoms with Crippen molar-refractivity contribution in [1.82, 2.24) is 9.97 Å². The van der Waals surface area contributed by atoms with Crippen LogP contribution in [0.5, 0.6) is 0 Å². The van der Waals surface area contributed by atoms with Crippen LogP contribution in [0.2, 0.25) is 0 Å². The number of carboxylic acid groups (broad SMARTS) is 1. The Hall–Kier alpha value is -1.65. The summed E-state index contributed by atoms with van der Waals surface area (Å²) >= 11 is 0. The maximum atomic E-state index is 10.8. The van der Waals surface area contributed by atoms with Gasteiger partial charge in [-0.15, -0.1) is 0 Å². The van der Waals surface area contributed by atoms with Gasteiger partial charge in [-0.1, -0.05) is 13.8 Å². The Morgan fingerprint density at radius 3 is 2.61 bits per heavy atom. The highest BCUT2D eigenvalue weighted by Gasteiger charge is 2.24. The monoisotopic (exact) mass is 249 g/mol. The van der Waals surface area contributed by atoms with E-state index in [-0.39, 0.29) is 5.69 Å². The normalized spacial score (nSPS) is 27.8. The van der Waals surface area contributed by atoms with Crippen molar-refractivity contribution in [3.63, 3.8) is 0 Å². The van der Waals surface area contributed by atoms with Gasteiger partial charge in [-0.2, -0.15) is 0 Å². The van der Waals surface area contributed by atoms with Gasteiger partial charge in [0.1, 0.15) is 0 Å². The molecule has 2 unspecified atom stereocenters. The van der Waals surface area contributed by atoms with Gasteiger partial charge in [0.2, 0.25) is 5.95 Å². The molecule has 0 radical (unpaired) electrons. The minimum Gasteiger partial charge on any atom is -0.477 e. The highest BCUT2D eigenvalue weighted by atomic mass is 16.4. The lowest BCUT2D eigenvalue weighted by Gasteiger charge is -2.31. The Balaban J connectivity index is 2.04. The van der Waals surface area contributed by atoms with Crippen molar-refractivity contribution in [2.45, 2.75) is 39.2 Å². The number of nitrogens with zero attached hydrogens (tertiary/aromatic N) is 2. The molecule has 0 bridgehead atoms. The largest absolute Gasteiger partial charge is 0.477 e. The summed E-state index contributed by atoms with van der Waals surface area (Å²) in [6.45, 7) is 4.50. The van der Waals surface area contributed by atoms with Crippen LogP contribution in [-0.2, 0) is 0 Å². The summed E-state index contributed by atoms with van der Waals surface area (Å²) < 4.78 is 0. The SMILES string of the molecule is CC1CC(C)CC(Nc2nccc(C(=O)O)n2)C1. The molecule has 1 fully saturated rings. The second-order valence-electron chi connectivity index (χ2n) is 5.33. The number of carboxylic acids is 1. The Bertz CT molecular complexity index is 426. The van der Waals surface area contributed by atoms with Gasteiger partial charge in [0, 0.05) is 12.2 Å². The van der Waals surface area contributed by atoms with Crippen molar-refractivity contribution in [2.24, 2.45) is 11.8 Å². The van der Waals surface area contributed by atoms with Gasteiger partial charge in [-0.05, 0) is 37.2 Å². The van der Waals surface area contributed by atoms with Crippen molar-refractivity contribution < 1.29 is 9.90 Å². The van der Waals surface area contributed by atoms with Crippen molar-refractivity contribution in [3.8, 4) is 0 Å². The molecule has 1 aliphatic rings. The third-order valence-corrected chi connectivity index (χ3v) is 3.39. The number of aromatic nitrogens is 2. The molecule has 1 heterocycles. The first-order valence-electron chi connectivity index (χ1n) is 6.37. The molecule has 0 aliphatic heterocycles. The molecular formula is C13H19N3O2. The molecule has 0 amide bonds. The second kappa shape index (κ2) is 5.33. The highest BCUT2D eigenvalue weighted by Crippen LogP contribution is 2.29. The van der Waals surface area contributed by atoms with Crippen LogP contribution in [0.15, 0.2) is 12.3 Å². The van der Waals surface area contributed by atoms with Gasteiger partial charge >= 0.3 is 5.97 Å². The second-order valence-corrected chi connectivity index (χ2v) is 5.33. The molecule has 1 aromatic heterocycles. The Kier molecular flexibility index (Phi) is 3.79. The minimum atomic E-state index is -1.02. The summed E-state index contributed by atoms with van der Waals surface area (Å²) in [5.41, 5.74) is 0.0319. The van der Waals surface area contributed by atoms with Crippen molar-refractivity contribution in [1.29, 1.82) is 0 Å². The quantitative estimate of drug-likeness (QED) is 0.860. The van der Waals surface area contributed by atoms with Crippen molar-refractivity contribution in [2.75, 3.05) is 5.32 Å². The number of hydrogen-bond donors (Lipinski definition) is 2. The van der Waals surface area contributed by atoms with E-state index in [2.05, 4.69) is 29.1 Å².